The van der Waals surface area contributed by atoms with Crippen LogP contribution in [0.15, 0.2) is 22.7 Å². The highest BCUT2D eigenvalue weighted by atomic mass is 79.9. The number of nitrogens with zero attached hydrogens (tertiary/aromatic N) is 1. The third-order valence-corrected chi connectivity index (χ3v) is 4.85. The second-order valence-corrected chi connectivity index (χ2v) is 6.98. The predicted molar refractivity (Wildman–Crippen MR) is 74.2 cm³/mol. The fourth-order valence-corrected chi connectivity index (χ4v) is 3.25. The van der Waals surface area contributed by atoms with E-state index in [0.717, 1.165) is 10.0 Å². The molecule has 1 aliphatic rings. The summed E-state index contributed by atoms with van der Waals surface area (Å²) in [5.41, 5.74) is 1.69. The van der Waals surface area contributed by atoms with Crippen LogP contribution in [-0.4, -0.2) is 26.6 Å². The molecule has 1 atom stereocenters. The Hall–Kier alpha value is -0.950. The second-order valence-electron chi connectivity index (χ2n) is 4.71. The maximum atomic E-state index is 12.7. The van der Waals surface area contributed by atoms with Gasteiger partial charge in [0.25, 0.3) is 0 Å². The molecule has 2 rings (SSSR count). The molecule has 0 aliphatic carbocycles. The molecule has 1 unspecified atom stereocenters. The van der Waals surface area contributed by atoms with E-state index in [-0.39, 0.29) is 18.9 Å². The molecule has 0 saturated carbocycles. The monoisotopic (exact) mass is 349 g/mol. The first-order valence-corrected chi connectivity index (χ1v) is 8.09. The molecule has 1 aromatic rings. The lowest BCUT2D eigenvalue weighted by molar-refractivity contribution is -0.117. The number of halogens is 2. The Morgan fingerprint density at radius 2 is 2.16 bits per heavy atom. The summed E-state index contributed by atoms with van der Waals surface area (Å²) in [5, 5.41) is 0. The van der Waals surface area contributed by atoms with Crippen LogP contribution in [0.4, 0.5) is 9.57 Å². The SMILES string of the molecule is Cc1cc(N2CC(CS(=O)(=O)F)CC2=O)ccc1Br. The zero-order chi connectivity index (χ0) is 14.2. The van der Waals surface area contributed by atoms with Gasteiger partial charge in [-0.1, -0.05) is 15.9 Å². The molecule has 4 nitrogen and oxygen atoms in total. The number of carbonyl (C=O) groups is 1. The van der Waals surface area contributed by atoms with Gasteiger partial charge in [0, 0.05) is 29.0 Å². The molecule has 0 bridgehead atoms. The molecule has 1 aromatic carbocycles. The summed E-state index contributed by atoms with van der Waals surface area (Å²) in [5.74, 6) is -1.24. The maximum Gasteiger partial charge on any atom is 0.302 e. The minimum atomic E-state index is -4.54. The highest BCUT2D eigenvalue weighted by Crippen LogP contribution is 2.29. The standard InChI is InChI=1S/C12H13BrFNO3S/c1-8-4-10(2-3-11(8)13)15-6-9(5-12(15)16)7-19(14,17)18/h2-4,9H,5-7H2,1H3. The van der Waals surface area contributed by atoms with Gasteiger partial charge in [-0.25, -0.2) is 0 Å². The molecule has 0 radical (unpaired) electrons. The maximum absolute atomic E-state index is 12.7. The molecule has 104 valence electrons. The van der Waals surface area contributed by atoms with E-state index in [4.69, 9.17) is 0 Å². The van der Waals surface area contributed by atoms with Crippen LogP contribution in [0.2, 0.25) is 0 Å². The Labute approximate surface area is 119 Å². The van der Waals surface area contributed by atoms with Crippen LogP contribution < -0.4 is 4.90 Å². The fourth-order valence-electron chi connectivity index (χ4n) is 2.22. The van der Waals surface area contributed by atoms with Gasteiger partial charge in [0.15, 0.2) is 0 Å². The molecule has 1 heterocycles. The number of aryl methyl sites for hydroxylation is 1. The molecule has 7 heteroatoms. The van der Waals surface area contributed by atoms with Gasteiger partial charge in [-0.3, -0.25) is 4.79 Å². The van der Waals surface area contributed by atoms with Crippen molar-refractivity contribution in [1.29, 1.82) is 0 Å². The van der Waals surface area contributed by atoms with Crippen molar-refractivity contribution in [2.75, 3.05) is 17.2 Å². The highest BCUT2D eigenvalue weighted by molar-refractivity contribution is 9.10. The molecule has 19 heavy (non-hydrogen) atoms. The number of hydrogen-bond donors (Lipinski definition) is 0. The van der Waals surface area contributed by atoms with Gasteiger partial charge in [-0.2, -0.15) is 8.42 Å². The van der Waals surface area contributed by atoms with Crippen LogP contribution in [0.5, 0.6) is 0 Å². The molecule has 0 N–H and O–H groups in total. The summed E-state index contributed by atoms with van der Waals surface area (Å²) in [4.78, 5) is 13.4. The Morgan fingerprint density at radius 1 is 1.47 bits per heavy atom. The van der Waals surface area contributed by atoms with Gasteiger partial charge in [0.2, 0.25) is 5.91 Å². The normalized spacial score (nSPS) is 20.1. The van der Waals surface area contributed by atoms with Crippen LogP contribution in [0.3, 0.4) is 0 Å². The van der Waals surface area contributed by atoms with Crippen molar-refractivity contribution in [3.05, 3.63) is 28.2 Å². The molecular formula is C12H13BrFNO3S. The molecule has 1 saturated heterocycles. The van der Waals surface area contributed by atoms with E-state index in [1.54, 1.807) is 6.07 Å². The van der Waals surface area contributed by atoms with Crippen molar-refractivity contribution in [2.24, 2.45) is 5.92 Å². The van der Waals surface area contributed by atoms with E-state index in [9.17, 15) is 17.1 Å². The van der Waals surface area contributed by atoms with E-state index < -0.39 is 21.9 Å². The highest BCUT2D eigenvalue weighted by Gasteiger charge is 2.33. The average molecular weight is 350 g/mol. The van der Waals surface area contributed by atoms with Crippen molar-refractivity contribution < 1.29 is 17.1 Å². The van der Waals surface area contributed by atoms with E-state index in [1.807, 2.05) is 19.1 Å². The Kier molecular flexibility index (Phi) is 3.96. The summed E-state index contributed by atoms with van der Waals surface area (Å²) in [6.07, 6.45) is 0.0677. The van der Waals surface area contributed by atoms with Gasteiger partial charge < -0.3 is 4.90 Å². The minimum Gasteiger partial charge on any atom is -0.312 e. The first-order valence-electron chi connectivity index (χ1n) is 5.75. The Bertz CT molecular complexity index is 617. The van der Waals surface area contributed by atoms with Gasteiger partial charge in [-0.05, 0) is 30.7 Å². The summed E-state index contributed by atoms with van der Waals surface area (Å²) in [7, 11) is -4.54. The van der Waals surface area contributed by atoms with Gasteiger partial charge in [0.1, 0.15) is 0 Å². The lowest BCUT2D eigenvalue weighted by Crippen LogP contribution is -2.25. The lowest BCUT2D eigenvalue weighted by Gasteiger charge is -2.17. The van der Waals surface area contributed by atoms with Gasteiger partial charge in [-0.15, -0.1) is 3.89 Å². The largest absolute Gasteiger partial charge is 0.312 e. The summed E-state index contributed by atoms with van der Waals surface area (Å²) in [6.45, 7) is 2.14. The summed E-state index contributed by atoms with van der Waals surface area (Å²) in [6, 6.07) is 5.45. The molecular weight excluding hydrogens is 337 g/mol. The van der Waals surface area contributed by atoms with Crippen LogP contribution in [0.25, 0.3) is 0 Å². The molecule has 1 amide bonds. The fraction of sp³-hybridized carbons (Fsp3) is 0.417. The number of rotatable bonds is 3. The third kappa shape index (κ3) is 3.54. The number of benzene rings is 1. The lowest BCUT2D eigenvalue weighted by atomic mass is 10.1. The van der Waals surface area contributed by atoms with Crippen molar-refractivity contribution in [3.8, 4) is 0 Å². The topological polar surface area (TPSA) is 54.5 Å². The third-order valence-electron chi connectivity index (χ3n) is 3.09. The van der Waals surface area contributed by atoms with Crippen LogP contribution >= 0.6 is 15.9 Å². The number of anilines is 1. The van der Waals surface area contributed by atoms with Crippen molar-refractivity contribution in [3.63, 3.8) is 0 Å². The van der Waals surface area contributed by atoms with Crippen molar-refractivity contribution in [2.45, 2.75) is 13.3 Å². The van der Waals surface area contributed by atoms with Crippen LogP contribution in [-0.2, 0) is 15.0 Å². The molecule has 0 aromatic heterocycles. The zero-order valence-corrected chi connectivity index (χ0v) is 12.7. The van der Waals surface area contributed by atoms with E-state index in [2.05, 4.69) is 15.9 Å². The van der Waals surface area contributed by atoms with Crippen LogP contribution in [0.1, 0.15) is 12.0 Å². The quantitative estimate of drug-likeness (QED) is 0.787. The van der Waals surface area contributed by atoms with Gasteiger partial charge in [0.05, 0.1) is 5.75 Å². The van der Waals surface area contributed by atoms with Crippen molar-refractivity contribution >= 4 is 37.7 Å². The number of amides is 1. The molecule has 0 spiro atoms. The van der Waals surface area contributed by atoms with Crippen LogP contribution in [0, 0.1) is 12.8 Å². The average Bonchev–Trinajstić information content (AvgIpc) is 2.61. The predicted octanol–water partition coefficient (Wildman–Crippen LogP) is 2.41. The zero-order valence-electron chi connectivity index (χ0n) is 10.3. The number of carbonyl (C=O) groups excluding carboxylic acids is 1. The Balaban J connectivity index is 2.18. The van der Waals surface area contributed by atoms with Crippen molar-refractivity contribution in [1.82, 2.24) is 0 Å². The first kappa shape index (κ1) is 14.5. The molecule has 1 aliphatic heterocycles. The minimum absolute atomic E-state index is 0.0677. The van der Waals surface area contributed by atoms with Gasteiger partial charge >= 0.3 is 10.2 Å². The molecule has 1 fully saturated rings. The second kappa shape index (κ2) is 5.20. The Morgan fingerprint density at radius 3 is 2.74 bits per heavy atom. The van der Waals surface area contributed by atoms with E-state index in [0.29, 0.717) is 5.69 Å². The number of hydrogen-bond acceptors (Lipinski definition) is 3. The van der Waals surface area contributed by atoms with E-state index >= 15 is 0 Å². The summed E-state index contributed by atoms with van der Waals surface area (Å²) >= 11 is 3.37. The smallest absolute Gasteiger partial charge is 0.302 e. The summed E-state index contributed by atoms with van der Waals surface area (Å²) < 4.78 is 34.9. The first-order chi connectivity index (χ1) is 8.76. The van der Waals surface area contributed by atoms with E-state index in [1.165, 1.54) is 4.90 Å².